The lowest BCUT2D eigenvalue weighted by molar-refractivity contribution is 0.122. The maximum Gasteiger partial charge on any atom is 0.323 e. The van der Waals surface area contributed by atoms with Crippen LogP contribution in [0.3, 0.4) is 0 Å². The predicted octanol–water partition coefficient (Wildman–Crippen LogP) is 4.88. The van der Waals surface area contributed by atoms with E-state index in [1.54, 1.807) is 36.9 Å². The van der Waals surface area contributed by atoms with Crippen molar-refractivity contribution in [3.63, 3.8) is 0 Å². The van der Waals surface area contributed by atoms with E-state index in [1.165, 1.54) is 0 Å². The highest BCUT2D eigenvalue weighted by molar-refractivity contribution is 7.09. The topological polar surface area (TPSA) is 90.9 Å². The Morgan fingerprint density at radius 3 is 2.61 bits per heavy atom. The largest absolute Gasteiger partial charge is 0.493 e. The second-order valence-corrected chi connectivity index (χ2v) is 9.49. The molecular weight excluding hydrogens is 498 g/mol. The summed E-state index contributed by atoms with van der Waals surface area (Å²) in [6.07, 6.45) is 0.661. The molecule has 1 aromatic carbocycles. The molecule has 0 spiro atoms. The normalized spacial score (nSPS) is 13.4. The van der Waals surface area contributed by atoms with Crippen LogP contribution in [-0.2, 0) is 11.2 Å². The fourth-order valence-corrected chi connectivity index (χ4v) is 5.27. The molecule has 5 rings (SSSR count). The summed E-state index contributed by atoms with van der Waals surface area (Å²) >= 11 is 3.30. The number of aromatic nitrogens is 3. The molecule has 1 aliphatic rings. The molecule has 0 aliphatic carbocycles. The molecule has 0 saturated carbocycles. The van der Waals surface area contributed by atoms with Crippen molar-refractivity contribution in [3.8, 4) is 28.6 Å². The predicted molar refractivity (Wildman–Crippen MR) is 143 cm³/mol. The number of rotatable bonds is 10. The number of morpholine rings is 1. The molecule has 0 amide bonds. The Kier molecular flexibility index (Phi) is 7.79. The van der Waals surface area contributed by atoms with Crippen LogP contribution in [0.4, 0.5) is 17.6 Å². The Labute approximate surface area is 217 Å². The van der Waals surface area contributed by atoms with E-state index in [0.717, 1.165) is 22.4 Å². The Balaban J connectivity index is 1.34. The monoisotopic (exact) mass is 525 g/mol. The lowest BCUT2D eigenvalue weighted by atomic mass is 10.1. The van der Waals surface area contributed by atoms with Crippen molar-refractivity contribution in [1.29, 1.82) is 0 Å². The van der Waals surface area contributed by atoms with Crippen molar-refractivity contribution in [2.45, 2.75) is 6.42 Å². The standard InChI is InChI=1S/C25H27N5O4S2/c1-31-21-4-3-17(13-22(21)32-2)5-9-34-25-28-23(27-24(29-25)30-7-10-33-11-8-30)26-20-16-36-15-19(20)18-6-12-35-14-18/h3-4,6,12-16H,5,7-11H2,1-2H3,(H,26,27,28,29). The minimum absolute atomic E-state index is 0.279. The number of methoxy groups -OCH3 is 2. The second-order valence-electron chi connectivity index (χ2n) is 7.96. The molecule has 0 radical (unpaired) electrons. The van der Waals surface area contributed by atoms with E-state index in [4.69, 9.17) is 23.9 Å². The third-order valence-electron chi connectivity index (χ3n) is 5.71. The third-order valence-corrected chi connectivity index (χ3v) is 7.13. The van der Waals surface area contributed by atoms with Crippen LogP contribution >= 0.6 is 22.7 Å². The van der Waals surface area contributed by atoms with E-state index in [9.17, 15) is 0 Å². The van der Waals surface area contributed by atoms with E-state index in [2.05, 4.69) is 47.8 Å². The van der Waals surface area contributed by atoms with Gasteiger partial charge in [-0.3, -0.25) is 0 Å². The number of hydrogen-bond acceptors (Lipinski definition) is 11. The van der Waals surface area contributed by atoms with Gasteiger partial charge in [-0.05, 0) is 40.1 Å². The van der Waals surface area contributed by atoms with Gasteiger partial charge in [-0.25, -0.2) is 0 Å². The highest BCUT2D eigenvalue weighted by Gasteiger charge is 2.18. The average Bonchev–Trinajstić information content (AvgIpc) is 3.61. The zero-order chi connectivity index (χ0) is 24.7. The summed E-state index contributed by atoms with van der Waals surface area (Å²) in [7, 11) is 3.25. The van der Waals surface area contributed by atoms with Crippen LogP contribution in [-0.4, -0.2) is 62.1 Å². The van der Waals surface area contributed by atoms with Crippen LogP contribution < -0.4 is 24.4 Å². The van der Waals surface area contributed by atoms with Gasteiger partial charge in [0.25, 0.3) is 0 Å². The minimum atomic E-state index is 0.279. The van der Waals surface area contributed by atoms with Crippen molar-refractivity contribution < 1.29 is 18.9 Å². The van der Waals surface area contributed by atoms with Crippen LogP contribution in [0.5, 0.6) is 17.5 Å². The SMILES string of the molecule is COc1ccc(CCOc2nc(Nc3cscc3-c3ccsc3)nc(N3CCOCC3)n2)cc1OC. The lowest BCUT2D eigenvalue weighted by Gasteiger charge is -2.27. The summed E-state index contributed by atoms with van der Waals surface area (Å²) in [6.45, 7) is 3.11. The molecule has 9 nitrogen and oxygen atoms in total. The van der Waals surface area contributed by atoms with Crippen molar-refractivity contribution in [1.82, 2.24) is 15.0 Å². The van der Waals surface area contributed by atoms with Crippen LogP contribution in [0.25, 0.3) is 11.1 Å². The van der Waals surface area contributed by atoms with Gasteiger partial charge in [-0.1, -0.05) is 6.07 Å². The Hall–Kier alpha value is -3.41. The van der Waals surface area contributed by atoms with E-state index in [-0.39, 0.29) is 6.01 Å². The molecule has 1 saturated heterocycles. The van der Waals surface area contributed by atoms with Crippen LogP contribution in [0.2, 0.25) is 0 Å². The van der Waals surface area contributed by atoms with Crippen molar-refractivity contribution >= 4 is 40.3 Å². The number of hydrogen-bond donors (Lipinski definition) is 1. The molecule has 1 N–H and O–H groups in total. The maximum atomic E-state index is 6.01. The Morgan fingerprint density at radius 2 is 1.83 bits per heavy atom. The number of ether oxygens (including phenoxy) is 4. The number of benzene rings is 1. The summed E-state index contributed by atoms with van der Waals surface area (Å²) in [4.78, 5) is 15.9. The summed E-state index contributed by atoms with van der Waals surface area (Å²) in [5.41, 5.74) is 4.30. The number of nitrogens with one attached hydrogen (secondary N) is 1. The van der Waals surface area contributed by atoms with Gasteiger partial charge >= 0.3 is 6.01 Å². The number of nitrogens with zero attached hydrogens (tertiary/aromatic N) is 4. The molecule has 0 unspecified atom stereocenters. The lowest BCUT2D eigenvalue weighted by Crippen LogP contribution is -2.37. The zero-order valence-electron chi connectivity index (χ0n) is 20.1. The minimum Gasteiger partial charge on any atom is -0.493 e. The first kappa shape index (κ1) is 24.3. The first-order valence-corrected chi connectivity index (χ1v) is 13.4. The van der Waals surface area contributed by atoms with Gasteiger partial charge in [0.05, 0.1) is 39.7 Å². The molecule has 1 aliphatic heterocycles. The number of thiophene rings is 2. The summed E-state index contributed by atoms with van der Waals surface area (Å²) in [5.74, 6) is 2.40. The van der Waals surface area contributed by atoms with Crippen molar-refractivity contribution in [2.75, 3.05) is 57.3 Å². The smallest absolute Gasteiger partial charge is 0.323 e. The fraction of sp³-hybridized carbons (Fsp3) is 0.320. The summed E-state index contributed by atoms with van der Waals surface area (Å²) < 4.78 is 22.2. The molecule has 4 heterocycles. The van der Waals surface area contributed by atoms with Crippen molar-refractivity contribution in [2.24, 2.45) is 0 Å². The molecule has 3 aromatic heterocycles. The van der Waals surface area contributed by atoms with Crippen LogP contribution in [0, 0.1) is 0 Å². The Bertz CT molecular complexity index is 1280. The number of anilines is 3. The first-order valence-electron chi connectivity index (χ1n) is 11.5. The molecule has 0 atom stereocenters. The third kappa shape index (κ3) is 5.69. The second kappa shape index (κ2) is 11.5. The molecule has 11 heteroatoms. The van der Waals surface area contributed by atoms with E-state index >= 15 is 0 Å². The van der Waals surface area contributed by atoms with Gasteiger partial charge in [0.15, 0.2) is 11.5 Å². The van der Waals surface area contributed by atoms with Gasteiger partial charge in [-0.2, -0.15) is 26.3 Å². The molecule has 36 heavy (non-hydrogen) atoms. The highest BCUT2D eigenvalue weighted by atomic mass is 32.1. The van der Waals surface area contributed by atoms with Gasteiger partial charge < -0.3 is 29.2 Å². The fourth-order valence-electron chi connectivity index (χ4n) is 3.82. The maximum absolute atomic E-state index is 6.01. The zero-order valence-corrected chi connectivity index (χ0v) is 21.7. The van der Waals surface area contributed by atoms with Crippen LogP contribution in [0.15, 0.2) is 45.8 Å². The van der Waals surface area contributed by atoms with Crippen molar-refractivity contribution in [3.05, 3.63) is 51.3 Å². The van der Waals surface area contributed by atoms with E-state index in [0.29, 0.717) is 62.7 Å². The van der Waals surface area contributed by atoms with Gasteiger partial charge in [-0.15, -0.1) is 11.3 Å². The Morgan fingerprint density at radius 1 is 0.972 bits per heavy atom. The molecule has 1 fully saturated rings. The van der Waals surface area contributed by atoms with Gasteiger partial charge in [0, 0.05) is 35.8 Å². The molecule has 4 aromatic rings. The van der Waals surface area contributed by atoms with Gasteiger partial charge in [0.2, 0.25) is 11.9 Å². The quantitative estimate of drug-likeness (QED) is 0.311. The molecular formula is C25H27N5O4S2. The first-order chi connectivity index (χ1) is 17.7. The molecule has 188 valence electrons. The summed E-state index contributed by atoms with van der Waals surface area (Å²) in [6, 6.07) is 8.22. The molecule has 0 bridgehead atoms. The summed E-state index contributed by atoms with van der Waals surface area (Å²) in [5, 5.41) is 11.8. The van der Waals surface area contributed by atoms with E-state index < -0.39 is 0 Å². The average molecular weight is 526 g/mol. The van der Waals surface area contributed by atoms with Crippen LogP contribution in [0.1, 0.15) is 5.56 Å². The van der Waals surface area contributed by atoms with Gasteiger partial charge in [0.1, 0.15) is 0 Å². The van der Waals surface area contributed by atoms with E-state index in [1.807, 2.05) is 18.2 Å². The highest BCUT2D eigenvalue weighted by Crippen LogP contribution is 2.35.